The van der Waals surface area contributed by atoms with Gasteiger partial charge in [-0.3, -0.25) is 0 Å². The second kappa shape index (κ2) is 3.84. The number of hydrogen-bond acceptors (Lipinski definition) is 1. The van der Waals surface area contributed by atoms with E-state index in [1.807, 2.05) is 7.11 Å². The van der Waals surface area contributed by atoms with Crippen molar-refractivity contribution in [3.05, 3.63) is 0 Å². The zero-order valence-electron chi connectivity index (χ0n) is 10.7. The molecule has 1 rings (SSSR count). The summed E-state index contributed by atoms with van der Waals surface area (Å²) in [5.41, 5.74) is 0.856. The van der Waals surface area contributed by atoms with Crippen LogP contribution >= 0.6 is 0 Å². The largest absolute Gasteiger partial charge is 0.381 e. The minimum Gasteiger partial charge on any atom is -0.381 e. The first-order valence-electron chi connectivity index (χ1n) is 5.82. The molecule has 1 fully saturated rings. The average Bonchev–Trinajstić information content (AvgIpc) is 1.98. The molecule has 0 N–H and O–H groups in total. The molecule has 3 unspecified atom stereocenters. The Morgan fingerprint density at radius 2 is 1.79 bits per heavy atom. The molecule has 84 valence electrons. The molecule has 0 heterocycles. The van der Waals surface area contributed by atoms with Crippen molar-refractivity contribution in [1.29, 1.82) is 0 Å². The molecule has 0 amide bonds. The van der Waals surface area contributed by atoms with Crippen LogP contribution in [-0.2, 0) is 4.74 Å². The molecular formula is C13H26O. The normalized spacial score (nSPS) is 39.4. The molecule has 1 nitrogen and oxygen atoms in total. The third kappa shape index (κ3) is 2.50. The molecule has 0 saturated heterocycles. The van der Waals surface area contributed by atoms with E-state index in [0.717, 1.165) is 5.92 Å². The summed E-state index contributed by atoms with van der Waals surface area (Å²) in [6.45, 7) is 11.8. The zero-order valence-corrected chi connectivity index (χ0v) is 10.7. The molecule has 0 aromatic carbocycles. The second-order valence-electron chi connectivity index (χ2n) is 6.39. The first-order chi connectivity index (χ1) is 6.29. The number of hydrogen-bond donors (Lipinski definition) is 0. The Kier molecular flexibility index (Phi) is 3.30. The van der Waals surface area contributed by atoms with Crippen molar-refractivity contribution in [2.24, 2.45) is 16.7 Å². The molecule has 0 spiro atoms. The zero-order chi connectivity index (χ0) is 11.0. The van der Waals surface area contributed by atoms with Crippen LogP contribution in [0.3, 0.4) is 0 Å². The second-order valence-corrected chi connectivity index (χ2v) is 6.39. The van der Waals surface area contributed by atoms with E-state index in [9.17, 15) is 0 Å². The van der Waals surface area contributed by atoms with Crippen LogP contribution in [0.15, 0.2) is 0 Å². The van der Waals surface area contributed by atoms with Crippen LogP contribution in [0.1, 0.15) is 53.9 Å². The lowest BCUT2D eigenvalue weighted by Gasteiger charge is -2.48. The molecule has 1 aliphatic rings. The molecule has 1 saturated carbocycles. The highest BCUT2D eigenvalue weighted by molar-refractivity contribution is 4.93. The lowest BCUT2D eigenvalue weighted by atomic mass is 9.59. The van der Waals surface area contributed by atoms with Gasteiger partial charge in [-0.1, -0.05) is 27.7 Å². The summed E-state index contributed by atoms with van der Waals surface area (Å²) in [6.07, 6.45) is 4.34. The van der Waals surface area contributed by atoms with E-state index in [4.69, 9.17) is 4.74 Å². The van der Waals surface area contributed by atoms with Gasteiger partial charge in [0.2, 0.25) is 0 Å². The summed E-state index contributed by atoms with van der Waals surface area (Å²) in [6, 6.07) is 0. The molecule has 1 aliphatic carbocycles. The third-order valence-electron chi connectivity index (χ3n) is 3.93. The van der Waals surface area contributed by atoms with Crippen molar-refractivity contribution < 1.29 is 4.74 Å². The van der Waals surface area contributed by atoms with Crippen molar-refractivity contribution in [2.75, 3.05) is 7.11 Å². The highest BCUT2D eigenvalue weighted by Gasteiger charge is 2.42. The fourth-order valence-electron chi connectivity index (χ4n) is 3.64. The first kappa shape index (κ1) is 12.0. The minimum atomic E-state index is 0.371. The maximum atomic E-state index is 5.53. The van der Waals surface area contributed by atoms with Gasteiger partial charge < -0.3 is 4.74 Å². The van der Waals surface area contributed by atoms with Gasteiger partial charge >= 0.3 is 0 Å². The van der Waals surface area contributed by atoms with Crippen molar-refractivity contribution in [1.82, 2.24) is 0 Å². The maximum Gasteiger partial charge on any atom is 0.0597 e. The average molecular weight is 198 g/mol. The van der Waals surface area contributed by atoms with E-state index in [1.165, 1.54) is 19.3 Å². The van der Waals surface area contributed by atoms with E-state index in [-0.39, 0.29) is 0 Å². The van der Waals surface area contributed by atoms with Crippen LogP contribution in [-0.4, -0.2) is 13.2 Å². The Labute approximate surface area is 89.2 Å². The standard InChI is InChI=1S/C13H26O/c1-10-7-12(3,4)9-13(5,8-10)11(2)14-6/h10-11H,7-9H2,1-6H3. The summed E-state index contributed by atoms with van der Waals surface area (Å²) in [7, 11) is 1.84. The van der Waals surface area contributed by atoms with E-state index < -0.39 is 0 Å². The van der Waals surface area contributed by atoms with Crippen molar-refractivity contribution in [2.45, 2.75) is 60.0 Å². The van der Waals surface area contributed by atoms with Crippen LogP contribution in [0.5, 0.6) is 0 Å². The van der Waals surface area contributed by atoms with Crippen LogP contribution < -0.4 is 0 Å². The molecule has 14 heavy (non-hydrogen) atoms. The fraction of sp³-hybridized carbons (Fsp3) is 1.00. The lowest BCUT2D eigenvalue weighted by molar-refractivity contribution is -0.0562. The quantitative estimate of drug-likeness (QED) is 0.654. The van der Waals surface area contributed by atoms with Crippen molar-refractivity contribution in [3.63, 3.8) is 0 Å². The van der Waals surface area contributed by atoms with Gasteiger partial charge in [0.05, 0.1) is 6.10 Å². The van der Waals surface area contributed by atoms with Crippen molar-refractivity contribution in [3.8, 4) is 0 Å². The van der Waals surface area contributed by atoms with Crippen LogP contribution in [0.4, 0.5) is 0 Å². The van der Waals surface area contributed by atoms with Gasteiger partial charge in [-0.05, 0) is 42.9 Å². The topological polar surface area (TPSA) is 9.23 Å². The molecule has 0 aliphatic heterocycles. The van der Waals surface area contributed by atoms with Gasteiger partial charge in [0.15, 0.2) is 0 Å². The molecular weight excluding hydrogens is 172 g/mol. The third-order valence-corrected chi connectivity index (χ3v) is 3.93. The van der Waals surface area contributed by atoms with Crippen LogP contribution in [0.25, 0.3) is 0 Å². The van der Waals surface area contributed by atoms with Crippen LogP contribution in [0, 0.1) is 16.7 Å². The monoisotopic (exact) mass is 198 g/mol. The molecule has 0 bridgehead atoms. The van der Waals surface area contributed by atoms with Gasteiger partial charge in [0.25, 0.3) is 0 Å². The Balaban J connectivity index is 2.78. The molecule has 0 radical (unpaired) electrons. The summed E-state index contributed by atoms with van der Waals surface area (Å²) in [5, 5.41) is 0. The van der Waals surface area contributed by atoms with Gasteiger partial charge in [0, 0.05) is 7.11 Å². The maximum absolute atomic E-state index is 5.53. The predicted octanol–water partition coefficient (Wildman–Crippen LogP) is 3.87. The molecule has 0 aromatic heterocycles. The summed E-state index contributed by atoms with van der Waals surface area (Å²) in [4.78, 5) is 0. The first-order valence-corrected chi connectivity index (χ1v) is 5.82. The number of ether oxygens (including phenoxy) is 1. The smallest absolute Gasteiger partial charge is 0.0597 e. The Morgan fingerprint density at radius 1 is 1.21 bits per heavy atom. The highest BCUT2D eigenvalue weighted by atomic mass is 16.5. The fourth-order valence-corrected chi connectivity index (χ4v) is 3.64. The van der Waals surface area contributed by atoms with Gasteiger partial charge in [-0.25, -0.2) is 0 Å². The Morgan fingerprint density at radius 3 is 2.21 bits per heavy atom. The summed E-state index contributed by atoms with van der Waals surface area (Å²) < 4.78 is 5.53. The Bertz CT molecular complexity index is 197. The highest BCUT2D eigenvalue weighted by Crippen LogP contribution is 2.50. The lowest BCUT2D eigenvalue weighted by Crippen LogP contribution is -2.42. The number of rotatable bonds is 2. The SMILES string of the molecule is COC(C)C1(C)CC(C)CC(C)(C)C1. The van der Waals surface area contributed by atoms with Gasteiger partial charge in [-0.2, -0.15) is 0 Å². The summed E-state index contributed by atoms with van der Waals surface area (Å²) >= 11 is 0. The van der Waals surface area contributed by atoms with Gasteiger partial charge in [0.1, 0.15) is 0 Å². The number of methoxy groups -OCH3 is 1. The minimum absolute atomic E-state index is 0.371. The van der Waals surface area contributed by atoms with Crippen LogP contribution in [0.2, 0.25) is 0 Å². The Hall–Kier alpha value is -0.0400. The van der Waals surface area contributed by atoms with E-state index >= 15 is 0 Å². The molecule has 1 heteroatoms. The summed E-state index contributed by atoms with van der Waals surface area (Å²) in [5.74, 6) is 0.835. The molecule has 3 atom stereocenters. The van der Waals surface area contributed by atoms with E-state index in [1.54, 1.807) is 0 Å². The van der Waals surface area contributed by atoms with Gasteiger partial charge in [-0.15, -0.1) is 0 Å². The predicted molar refractivity (Wildman–Crippen MR) is 61.4 cm³/mol. The van der Waals surface area contributed by atoms with E-state index in [2.05, 4.69) is 34.6 Å². The molecule has 0 aromatic rings. The van der Waals surface area contributed by atoms with Crippen molar-refractivity contribution >= 4 is 0 Å². The van der Waals surface area contributed by atoms with E-state index in [0.29, 0.717) is 16.9 Å².